The number of rotatable bonds is 6. The van der Waals surface area contributed by atoms with Crippen molar-refractivity contribution in [2.45, 2.75) is 0 Å². The Balaban J connectivity index is 3.29. The Morgan fingerprint density at radius 1 is 1.00 bits per heavy atom. The fraction of sp³-hybridized carbons (Fsp3) is 0.417. The molecule has 0 fully saturated rings. The number of benzene rings is 1. The van der Waals surface area contributed by atoms with Gasteiger partial charge in [0.1, 0.15) is 29.4 Å². The van der Waals surface area contributed by atoms with Gasteiger partial charge in [-0.3, -0.25) is 4.79 Å². The Morgan fingerprint density at radius 2 is 1.53 bits per heavy atom. The van der Waals surface area contributed by atoms with E-state index in [4.69, 9.17) is 18.9 Å². The van der Waals surface area contributed by atoms with E-state index in [2.05, 4.69) is 0 Å². The summed E-state index contributed by atoms with van der Waals surface area (Å²) in [6.45, 7) is -0.0287. The minimum absolute atomic E-state index is 0.0287. The molecule has 5 heteroatoms. The number of ketones is 1. The summed E-state index contributed by atoms with van der Waals surface area (Å²) >= 11 is 0. The molecule has 0 N–H and O–H groups in total. The summed E-state index contributed by atoms with van der Waals surface area (Å²) in [5.41, 5.74) is 0.359. The summed E-state index contributed by atoms with van der Waals surface area (Å²) in [4.78, 5) is 11.9. The molecular formula is C12H16O5. The normalized spacial score (nSPS) is 9.88. The molecule has 0 radical (unpaired) electrons. The van der Waals surface area contributed by atoms with E-state index in [1.807, 2.05) is 0 Å². The number of hydrogen-bond donors (Lipinski definition) is 0. The van der Waals surface area contributed by atoms with Crippen molar-refractivity contribution in [2.24, 2.45) is 0 Å². The highest BCUT2D eigenvalue weighted by molar-refractivity contribution is 6.02. The summed E-state index contributed by atoms with van der Waals surface area (Å²) in [7, 11) is 5.96. The predicted octanol–water partition coefficient (Wildman–Crippen LogP) is 1.54. The van der Waals surface area contributed by atoms with Crippen LogP contribution in [0.4, 0.5) is 0 Å². The van der Waals surface area contributed by atoms with Gasteiger partial charge in [-0.15, -0.1) is 0 Å². The average Bonchev–Trinajstić information content (AvgIpc) is 2.37. The lowest BCUT2D eigenvalue weighted by molar-refractivity contribution is 0.0841. The largest absolute Gasteiger partial charge is 0.496 e. The summed E-state index contributed by atoms with van der Waals surface area (Å²) < 4.78 is 20.2. The third-order valence-corrected chi connectivity index (χ3v) is 2.27. The molecule has 0 saturated carbocycles. The summed E-state index contributed by atoms with van der Waals surface area (Å²) in [5, 5.41) is 0. The standard InChI is InChI=1S/C12H16O5/c1-14-7-9(13)12-10(16-3)5-8(15-2)6-11(12)17-4/h5-6H,7H2,1-4H3. The maximum absolute atomic E-state index is 11.9. The van der Waals surface area contributed by atoms with Gasteiger partial charge in [0.15, 0.2) is 5.78 Å². The van der Waals surface area contributed by atoms with Crippen LogP contribution in [0.3, 0.4) is 0 Å². The third-order valence-electron chi connectivity index (χ3n) is 2.27. The lowest BCUT2D eigenvalue weighted by atomic mass is 10.1. The quantitative estimate of drug-likeness (QED) is 0.706. The van der Waals surface area contributed by atoms with Crippen LogP contribution in [-0.2, 0) is 4.74 Å². The van der Waals surface area contributed by atoms with Crippen LogP contribution in [0.2, 0.25) is 0 Å². The predicted molar refractivity (Wildman–Crippen MR) is 62.3 cm³/mol. The van der Waals surface area contributed by atoms with Crippen molar-refractivity contribution >= 4 is 5.78 Å². The van der Waals surface area contributed by atoms with Crippen LogP contribution < -0.4 is 14.2 Å². The van der Waals surface area contributed by atoms with E-state index in [1.165, 1.54) is 28.4 Å². The molecule has 0 spiro atoms. The Hall–Kier alpha value is -1.75. The molecule has 0 heterocycles. The fourth-order valence-electron chi connectivity index (χ4n) is 1.48. The zero-order valence-electron chi connectivity index (χ0n) is 10.4. The van der Waals surface area contributed by atoms with Crippen LogP contribution in [0.1, 0.15) is 10.4 Å². The Morgan fingerprint density at radius 3 is 1.88 bits per heavy atom. The first-order valence-electron chi connectivity index (χ1n) is 5.00. The molecule has 0 bridgehead atoms. The van der Waals surface area contributed by atoms with Crippen LogP contribution in [0.15, 0.2) is 12.1 Å². The van der Waals surface area contributed by atoms with E-state index >= 15 is 0 Å². The molecule has 1 aromatic carbocycles. The molecule has 0 saturated heterocycles. The highest BCUT2D eigenvalue weighted by atomic mass is 16.5. The first-order chi connectivity index (χ1) is 8.17. The molecule has 94 valence electrons. The number of carbonyl (C=O) groups is 1. The number of carbonyl (C=O) groups excluding carboxylic acids is 1. The molecule has 1 aromatic rings. The first kappa shape index (κ1) is 13.3. The SMILES string of the molecule is COCC(=O)c1c(OC)cc(OC)cc1OC. The molecule has 5 nitrogen and oxygen atoms in total. The van der Waals surface area contributed by atoms with Crippen LogP contribution in [0.25, 0.3) is 0 Å². The molecule has 0 aliphatic heterocycles. The van der Waals surface area contributed by atoms with E-state index in [1.54, 1.807) is 12.1 Å². The van der Waals surface area contributed by atoms with Gasteiger partial charge in [-0.25, -0.2) is 0 Å². The first-order valence-corrected chi connectivity index (χ1v) is 5.00. The topological polar surface area (TPSA) is 54.0 Å². The summed E-state index contributed by atoms with van der Waals surface area (Å²) in [6.07, 6.45) is 0. The highest BCUT2D eigenvalue weighted by Gasteiger charge is 2.19. The number of hydrogen-bond acceptors (Lipinski definition) is 5. The molecule has 1 rings (SSSR count). The second-order valence-electron chi connectivity index (χ2n) is 3.26. The zero-order chi connectivity index (χ0) is 12.8. The van der Waals surface area contributed by atoms with Gasteiger partial charge in [-0.05, 0) is 0 Å². The molecule has 0 unspecified atom stereocenters. The van der Waals surface area contributed by atoms with Gasteiger partial charge < -0.3 is 18.9 Å². The molecular weight excluding hydrogens is 224 g/mol. The van der Waals surface area contributed by atoms with Gasteiger partial charge in [0.2, 0.25) is 0 Å². The minimum atomic E-state index is -0.205. The molecule has 0 amide bonds. The molecule has 0 atom stereocenters. The summed E-state index contributed by atoms with van der Waals surface area (Å²) in [6, 6.07) is 3.26. The highest BCUT2D eigenvalue weighted by Crippen LogP contribution is 2.34. The third kappa shape index (κ3) is 2.88. The second-order valence-corrected chi connectivity index (χ2v) is 3.26. The van der Waals surface area contributed by atoms with Gasteiger partial charge in [0.25, 0.3) is 0 Å². The smallest absolute Gasteiger partial charge is 0.195 e. The fourth-order valence-corrected chi connectivity index (χ4v) is 1.48. The van der Waals surface area contributed by atoms with Crippen LogP contribution >= 0.6 is 0 Å². The van der Waals surface area contributed by atoms with E-state index in [9.17, 15) is 4.79 Å². The van der Waals surface area contributed by atoms with Crippen molar-refractivity contribution in [3.8, 4) is 17.2 Å². The van der Waals surface area contributed by atoms with Crippen LogP contribution in [0.5, 0.6) is 17.2 Å². The van der Waals surface area contributed by atoms with Crippen LogP contribution in [-0.4, -0.2) is 40.8 Å². The number of ether oxygens (including phenoxy) is 4. The Labute approximate surface area is 100 Å². The monoisotopic (exact) mass is 240 g/mol. The lowest BCUT2D eigenvalue weighted by Crippen LogP contribution is -2.10. The van der Waals surface area contributed by atoms with Crippen molar-refractivity contribution in [3.63, 3.8) is 0 Å². The van der Waals surface area contributed by atoms with Crippen molar-refractivity contribution in [1.29, 1.82) is 0 Å². The van der Waals surface area contributed by atoms with Crippen molar-refractivity contribution in [2.75, 3.05) is 35.0 Å². The zero-order valence-corrected chi connectivity index (χ0v) is 10.4. The van der Waals surface area contributed by atoms with Crippen LogP contribution in [0, 0.1) is 0 Å². The van der Waals surface area contributed by atoms with Gasteiger partial charge >= 0.3 is 0 Å². The molecule has 0 aliphatic rings. The molecule has 0 aliphatic carbocycles. The van der Waals surface area contributed by atoms with Crippen molar-refractivity contribution in [3.05, 3.63) is 17.7 Å². The maximum atomic E-state index is 11.9. The van der Waals surface area contributed by atoms with E-state index < -0.39 is 0 Å². The average molecular weight is 240 g/mol. The summed E-state index contributed by atoms with van der Waals surface area (Å²) in [5.74, 6) is 1.17. The Bertz CT molecular complexity index is 375. The van der Waals surface area contributed by atoms with Gasteiger partial charge in [-0.2, -0.15) is 0 Å². The second kappa shape index (κ2) is 6.10. The van der Waals surface area contributed by atoms with E-state index in [-0.39, 0.29) is 12.4 Å². The van der Waals surface area contributed by atoms with Gasteiger partial charge in [0, 0.05) is 19.2 Å². The van der Waals surface area contributed by atoms with Crippen molar-refractivity contribution < 1.29 is 23.7 Å². The van der Waals surface area contributed by atoms with E-state index in [0.29, 0.717) is 22.8 Å². The molecule has 0 aromatic heterocycles. The maximum Gasteiger partial charge on any atom is 0.195 e. The lowest BCUT2D eigenvalue weighted by Gasteiger charge is -2.13. The number of Topliss-reactive ketones (excluding diaryl/α,β-unsaturated/α-hetero) is 1. The minimum Gasteiger partial charge on any atom is -0.496 e. The number of methoxy groups -OCH3 is 4. The Kier molecular flexibility index (Phi) is 4.78. The van der Waals surface area contributed by atoms with Gasteiger partial charge in [0.05, 0.1) is 21.3 Å². The van der Waals surface area contributed by atoms with E-state index in [0.717, 1.165) is 0 Å². The van der Waals surface area contributed by atoms with Gasteiger partial charge in [-0.1, -0.05) is 0 Å². The molecule has 17 heavy (non-hydrogen) atoms. The van der Waals surface area contributed by atoms with Crippen molar-refractivity contribution in [1.82, 2.24) is 0 Å².